The van der Waals surface area contributed by atoms with Crippen LogP contribution in [-0.4, -0.2) is 17.6 Å². The van der Waals surface area contributed by atoms with Crippen LogP contribution >= 0.6 is 15.9 Å². The third-order valence-corrected chi connectivity index (χ3v) is 4.27. The first-order valence-electron chi connectivity index (χ1n) is 7.62. The maximum absolute atomic E-state index is 4.28. The molecule has 0 aliphatic carbocycles. The molecule has 2 unspecified atom stereocenters. The molecule has 2 aromatic rings. The molecule has 21 heavy (non-hydrogen) atoms. The number of benzene rings is 1. The van der Waals surface area contributed by atoms with Crippen LogP contribution in [0, 0.1) is 0 Å². The molecule has 0 fully saturated rings. The summed E-state index contributed by atoms with van der Waals surface area (Å²) in [4.78, 5) is 4.28. The highest BCUT2D eigenvalue weighted by molar-refractivity contribution is 9.10. The molecule has 0 spiro atoms. The Morgan fingerprint density at radius 1 is 1.14 bits per heavy atom. The average molecular weight is 347 g/mol. The second kappa shape index (κ2) is 8.30. The van der Waals surface area contributed by atoms with Crippen molar-refractivity contribution in [3.8, 4) is 0 Å². The summed E-state index contributed by atoms with van der Waals surface area (Å²) in [5.41, 5.74) is 2.68. The van der Waals surface area contributed by atoms with Gasteiger partial charge >= 0.3 is 0 Å². The van der Waals surface area contributed by atoms with Crippen LogP contribution in [0.4, 0.5) is 0 Å². The summed E-state index contributed by atoms with van der Waals surface area (Å²) in [5, 5.41) is 3.66. The molecule has 0 aliphatic heterocycles. The Labute approximate surface area is 136 Å². The Balaban J connectivity index is 2.20. The summed E-state index contributed by atoms with van der Waals surface area (Å²) in [5.74, 6) is 0.519. The fraction of sp³-hybridized carbons (Fsp3) is 0.389. The Bertz CT molecular complexity index is 542. The first kappa shape index (κ1) is 16.2. The SMILES string of the molecule is CCNC(Cc1cncc(Br)c1)C(CC)c1ccccc1. The van der Waals surface area contributed by atoms with Gasteiger partial charge in [0.15, 0.2) is 0 Å². The van der Waals surface area contributed by atoms with Crippen LogP contribution in [0.2, 0.25) is 0 Å². The Hall–Kier alpha value is -1.19. The predicted molar refractivity (Wildman–Crippen MR) is 92.6 cm³/mol. The van der Waals surface area contributed by atoms with Crippen LogP contribution in [0.1, 0.15) is 37.3 Å². The summed E-state index contributed by atoms with van der Waals surface area (Å²) >= 11 is 3.51. The lowest BCUT2D eigenvalue weighted by Gasteiger charge is -2.27. The van der Waals surface area contributed by atoms with Crippen molar-refractivity contribution in [1.82, 2.24) is 10.3 Å². The van der Waals surface area contributed by atoms with E-state index in [-0.39, 0.29) is 0 Å². The van der Waals surface area contributed by atoms with Crippen LogP contribution in [0.25, 0.3) is 0 Å². The minimum atomic E-state index is 0.429. The van der Waals surface area contributed by atoms with E-state index in [0.717, 1.165) is 23.9 Å². The van der Waals surface area contributed by atoms with Gasteiger partial charge in [-0.2, -0.15) is 0 Å². The number of pyridine rings is 1. The highest BCUT2D eigenvalue weighted by Gasteiger charge is 2.21. The van der Waals surface area contributed by atoms with E-state index in [9.17, 15) is 0 Å². The summed E-state index contributed by atoms with van der Waals surface area (Å²) in [6.45, 7) is 5.42. The predicted octanol–water partition coefficient (Wildman–Crippen LogP) is 4.56. The zero-order valence-electron chi connectivity index (χ0n) is 12.7. The normalized spacial score (nSPS) is 13.9. The number of nitrogens with one attached hydrogen (secondary N) is 1. The van der Waals surface area contributed by atoms with Gasteiger partial charge in [-0.25, -0.2) is 0 Å². The molecule has 0 bridgehead atoms. The van der Waals surface area contributed by atoms with Gasteiger partial charge in [0.2, 0.25) is 0 Å². The van der Waals surface area contributed by atoms with E-state index in [1.165, 1.54) is 11.1 Å². The highest BCUT2D eigenvalue weighted by atomic mass is 79.9. The van der Waals surface area contributed by atoms with E-state index >= 15 is 0 Å². The van der Waals surface area contributed by atoms with Crippen LogP contribution in [-0.2, 0) is 6.42 Å². The van der Waals surface area contributed by atoms with Gasteiger partial charge in [0, 0.05) is 22.9 Å². The molecule has 1 heterocycles. The zero-order valence-corrected chi connectivity index (χ0v) is 14.3. The molecule has 0 saturated heterocycles. The molecule has 0 radical (unpaired) electrons. The van der Waals surface area contributed by atoms with Gasteiger partial charge < -0.3 is 5.32 Å². The molecule has 0 aliphatic rings. The Kier molecular flexibility index (Phi) is 6.40. The van der Waals surface area contributed by atoms with E-state index < -0.39 is 0 Å². The van der Waals surface area contributed by atoms with E-state index in [0.29, 0.717) is 12.0 Å². The molecular weight excluding hydrogens is 324 g/mol. The van der Waals surface area contributed by atoms with Crippen LogP contribution < -0.4 is 5.32 Å². The highest BCUT2D eigenvalue weighted by Crippen LogP contribution is 2.26. The molecule has 2 rings (SSSR count). The number of halogens is 1. The second-order valence-electron chi connectivity index (χ2n) is 5.31. The lowest BCUT2D eigenvalue weighted by atomic mass is 9.86. The van der Waals surface area contributed by atoms with Gasteiger partial charge in [-0.05, 0) is 58.4 Å². The zero-order chi connectivity index (χ0) is 15.1. The maximum atomic E-state index is 4.28. The van der Waals surface area contributed by atoms with Crippen LogP contribution in [0.3, 0.4) is 0 Å². The molecule has 1 aromatic heterocycles. The standard InChI is InChI=1S/C18H23BrN2/c1-3-17(15-8-6-5-7-9-15)18(21-4-2)11-14-10-16(19)13-20-12-14/h5-10,12-13,17-18,21H,3-4,11H2,1-2H3. The van der Waals surface area contributed by atoms with Crippen molar-refractivity contribution in [2.24, 2.45) is 0 Å². The summed E-state index contributed by atoms with van der Waals surface area (Å²) in [7, 11) is 0. The topological polar surface area (TPSA) is 24.9 Å². The van der Waals surface area contributed by atoms with E-state index in [1.54, 1.807) is 0 Å². The monoisotopic (exact) mass is 346 g/mol. The minimum Gasteiger partial charge on any atom is -0.313 e. The number of nitrogens with zero attached hydrogens (tertiary/aromatic N) is 1. The fourth-order valence-electron chi connectivity index (χ4n) is 2.89. The molecule has 1 N–H and O–H groups in total. The van der Waals surface area contributed by atoms with E-state index in [2.05, 4.69) is 76.5 Å². The number of likely N-dealkylation sites (N-methyl/N-ethyl adjacent to an activating group) is 1. The first-order valence-corrected chi connectivity index (χ1v) is 8.41. The molecule has 0 saturated carbocycles. The quantitative estimate of drug-likeness (QED) is 0.794. The van der Waals surface area contributed by atoms with Gasteiger partial charge in [0.05, 0.1) is 0 Å². The van der Waals surface area contributed by atoms with E-state index in [1.807, 2.05) is 12.4 Å². The van der Waals surface area contributed by atoms with Crippen LogP contribution in [0.5, 0.6) is 0 Å². The van der Waals surface area contributed by atoms with Crippen molar-refractivity contribution >= 4 is 15.9 Å². The maximum Gasteiger partial charge on any atom is 0.0410 e. The molecule has 1 aromatic carbocycles. The Morgan fingerprint density at radius 3 is 2.52 bits per heavy atom. The summed E-state index contributed by atoms with van der Waals surface area (Å²) in [6, 6.07) is 13.4. The number of hydrogen-bond acceptors (Lipinski definition) is 2. The van der Waals surface area contributed by atoms with Gasteiger partial charge in [-0.15, -0.1) is 0 Å². The number of rotatable bonds is 7. The molecular formula is C18H23BrN2. The molecule has 2 nitrogen and oxygen atoms in total. The van der Waals surface area contributed by atoms with Crippen molar-refractivity contribution in [1.29, 1.82) is 0 Å². The summed E-state index contributed by atoms with van der Waals surface area (Å²) < 4.78 is 1.04. The second-order valence-corrected chi connectivity index (χ2v) is 6.22. The number of aromatic nitrogens is 1. The van der Waals surface area contributed by atoms with Gasteiger partial charge in [0.25, 0.3) is 0 Å². The molecule has 3 heteroatoms. The molecule has 112 valence electrons. The lowest BCUT2D eigenvalue weighted by molar-refractivity contribution is 0.427. The summed E-state index contributed by atoms with van der Waals surface area (Å²) in [6.07, 6.45) is 5.92. The number of hydrogen-bond donors (Lipinski definition) is 1. The largest absolute Gasteiger partial charge is 0.313 e. The Morgan fingerprint density at radius 2 is 1.90 bits per heavy atom. The first-order chi connectivity index (χ1) is 10.2. The van der Waals surface area contributed by atoms with E-state index in [4.69, 9.17) is 0 Å². The third-order valence-electron chi connectivity index (χ3n) is 3.84. The molecule has 0 amide bonds. The van der Waals surface area contributed by atoms with Gasteiger partial charge in [-0.1, -0.05) is 44.2 Å². The van der Waals surface area contributed by atoms with Gasteiger partial charge in [-0.3, -0.25) is 4.98 Å². The van der Waals surface area contributed by atoms with Crippen molar-refractivity contribution in [2.75, 3.05) is 6.54 Å². The minimum absolute atomic E-state index is 0.429. The fourth-order valence-corrected chi connectivity index (χ4v) is 3.31. The van der Waals surface area contributed by atoms with Crippen molar-refractivity contribution in [3.05, 3.63) is 64.4 Å². The average Bonchev–Trinajstić information content (AvgIpc) is 2.49. The van der Waals surface area contributed by atoms with Crippen molar-refractivity contribution in [2.45, 2.75) is 38.6 Å². The lowest BCUT2D eigenvalue weighted by Crippen LogP contribution is -2.36. The molecule has 2 atom stereocenters. The smallest absolute Gasteiger partial charge is 0.0410 e. The van der Waals surface area contributed by atoms with Crippen molar-refractivity contribution in [3.63, 3.8) is 0 Å². The van der Waals surface area contributed by atoms with Gasteiger partial charge in [0.1, 0.15) is 0 Å². The van der Waals surface area contributed by atoms with Crippen molar-refractivity contribution < 1.29 is 0 Å². The third kappa shape index (κ3) is 4.65. The van der Waals surface area contributed by atoms with Crippen LogP contribution in [0.15, 0.2) is 53.3 Å².